The van der Waals surface area contributed by atoms with Gasteiger partial charge in [-0.25, -0.2) is 4.39 Å². The fourth-order valence-electron chi connectivity index (χ4n) is 2.68. The van der Waals surface area contributed by atoms with Crippen LogP contribution < -0.4 is 10.5 Å². The second-order valence-corrected chi connectivity index (χ2v) is 5.57. The van der Waals surface area contributed by atoms with Gasteiger partial charge in [0, 0.05) is 25.1 Å². The van der Waals surface area contributed by atoms with E-state index in [4.69, 9.17) is 10.5 Å². The highest BCUT2D eigenvalue weighted by Gasteiger charge is 2.26. The third-order valence-corrected chi connectivity index (χ3v) is 3.79. The molecule has 23 heavy (non-hydrogen) atoms. The minimum Gasteiger partial charge on any atom is -0.493 e. The number of anilines is 1. The second-order valence-electron chi connectivity index (χ2n) is 5.57. The minimum absolute atomic E-state index is 0.0522. The van der Waals surface area contributed by atoms with Gasteiger partial charge in [-0.2, -0.15) is 4.98 Å². The minimum atomic E-state index is -0.328. The van der Waals surface area contributed by atoms with E-state index in [2.05, 4.69) is 15.2 Å². The van der Waals surface area contributed by atoms with Gasteiger partial charge in [-0.15, -0.1) is 5.10 Å². The first-order valence-electron chi connectivity index (χ1n) is 7.47. The number of nitrogens with two attached hydrogens (primary N) is 1. The molecule has 0 bridgehead atoms. The number of halogens is 1. The number of nitrogen functional groups attached to an aromatic ring is 1. The van der Waals surface area contributed by atoms with Gasteiger partial charge < -0.3 is 15.4 Å². The summed E-state index contributed by atoms with van der Waals surface area (Å²) < 4.78 is 18.8. The average Bonchev–Trinajstić information content (AvgIpc) is 2.99. The SMILES string of the molecule is Nc1n[nH]c(C(=O)N2CCC[C@@H](COc3cccc(F)c3)C2)n1. The summed E-state index contributed by atoms with van der Waals surface area (Å²) >= 11 is 0. The molecule has 0 radical (unpaired) electrons. The Morgan fingerprint density at radius 2 is 2.39 bits per heavy atom. The molecule has 3 rings (SSSR count). The summed E-state index contributed by atoms with van der Waals surface area (Å²) in [4.78, 5) is 17.9. The fraction of sp³-hybridized carbons (Fsp3) is 0.400. The zero-order valence-corrected chi connectivity index (χ0v) is 12.5. The van der Waals surface area contributed by atoms with Crippen LogP contribution in [0.1, 0.15) is 23.5 Å². The molecule has 1 aromatic carbocycles. The van der Waals surface area contributed by atoms with E-state index < -0.39 is 0 Å². The number of hydrogen-bond acceptors (Lipinski definition) is 5. The highest BCUT2D eigenvalue weighted by molar-refractivity contribution is 5.90. The van der Waals surface area contributed by atoms with Crippen LogP contribution in [0.2, 0.25) is 0 Å². The van der Waals surface area contributed by atoms with Crippen molar-refractivity contribution in [3.63, 3.8) is 0 Å². The molecule has 0 spiro atoms. The molecule has 122 valence electrons. The van der Waals surface area contributed by atoms with Crippen LogP contribution in [0.15, 0.2) is 24.3 Å². The molecule has 2 heterocycles. The Kier molecular flexibility index (Phi) is 4.40. The van der Waals surface area contributed by atoms with Crippen molar-refractivity contribution in [3.8, 4) is 5.75 Å². The van der Waals surface area contributed by atoms with E-state index in [0.29, 0.717) is 25.4 Å². The van der Waals surface area contributed by atoms with E-state index in [1.165, 1.54) is 12.1 Å². The van der Waals surface area contributed by atoms with Gasteiger partial charge in [-0.1, -0.05) is 6.07 Å². The first kappa shape index (κ1) is 15.3. The van der Waals surface area contributed by atoms with Crippen LogP contribution in [0, 0.1) is 11.7 Å². The van der Waals surface area contributed by atoms with Crippen LogP contribution in [0.3, 0.4) is 0 Å². The van der Waals surface area contributed by atoms with Crippen LogP contribution in [-0.2, 0) is 0 Å². The molecule has 7 nitrogen and oxygen atoms in total. The summed E-state index contributed by atoms with van der Waals surface area (Å²) in [7, 11) is 0. The monoisotopic (exact) mass is 319 g/mol. The molecule has 1 atom stereocenters. The van der Waals surface area contributed by atoms with Crippen LogP contribution >= 0.6 is 0 Å². The van der Waals surface area contributed by atoms with E-state index in [0.717, 1.165) is 12.8 Å². The maximum atomic E-state index is 13.1. The first-order valence-corrected chi connectivity index (χ1v) is 7.47. The number of piperidine rings is 1. The highest BCUT2D eigenvalue weighted by Crippen LogP contribution is 2.20. The maximum absolute atomic E-state index is 13.1. The molecule has 8 heteroatoms. The van der Waals surface area contributed by atoms with Crippen molar-refractivity contribution in [2.45, 2.75) is 12.8 Å². The molecule has 0 aliphatic carbocycles. The van der Waals surface area contributed by atoms with Crippen molar-refractivity contribution in [1.29, 1.82) is 0 Å². The summed E-state index contributed by atoms with van der Waals surface area (Å²) in [5, 5.41) is 6.20. The van der Waals surface area contributed by atoms with Gasteiger partial charge in [0.2, 0.25) is 11.8 Å². The van der Waals surface area contributed by atoms with Gasteiger partial charge in [-0.3, -0.25) is 9.89 Å². The van der Waals surface area contributed by atoms with Crippen molar-refractivity contribution in [1.82, 2.24) is 20.1 Å². The largest absolute Gasteiger partial charge is 0.493 e. The Balaban J connectivity index is 1.56. The Bertz CT molecular complexity index is 690. The van der Waals surface area contributed by atoms with E-state index in [1.54, 1.807) is 17.0 Å². The number of ether oxygens (including phenoxy) is 1. The third kappa shape index (κ3) is 3.77. The number of nitrogens with zero attached hydrogens (tertiary/aromatic N) is 3. The normalized spacial score (nSPS) is 18.0. The van der Waals surface area contributed by atoms with Gasteiger partial charge in [0.1, 0.15) is 11.6 Å². The summed E-state index contributed by atoms with van der Waals surface area (Å²) in [6.07, 6.45) is 1.84. The predicted molar refractivity (Wildman–Crippen MR) is 81.3 cm³/mol. The van der Waals surface area contributed by atoms with Gasteiger partial charge in [0.15, 0.2) is 0 Å². The van der Waals surface area contributed by atoms with E-state index in [1.807, 2.05) is 0 Å². The quantitative estimate of drug-likeness (QED) is 0.889. The van der Waals surface area contributed by atoms with E-state index in [9.17, 15) is 9.18 Å². The number of nitrogens with one attached hydrogen (secondary N) is 1. The number of benzene rings is 1. The standard InChI is InChI=1S/C15H18FN5O2/c16-11-4-1-5-12(7-11)23-9-10-3-2-6-21(8-10)14(22)13-18-15(17)20-19-13/h1,4-5,7,10H,2-3,6,8-9H2,(H3,17,18,19,20)/t10-/m1/s1. The Hall–Kier alpha value is -2.64. The van der Waals surface area contributed by atoms with Crippen molar-refractivity contribution in [3.05, 3.63) is 35.9 Å². The zero-order chi connectivity index (χ0) is 16.2. The van der Waals surface area contributed by atoms with Crippen LogP contribution in [0.5, 0.6) is 5.75 Å². The number of carbonyl (C=O) groups is 1. The van der Waals surface area contributed by atoms with Gasteiger partial charge >= 0.3 is 0 Å². The lowest BCUT2D eigenvalue weighted by molar-refractivity contribution is 0.0621. The number of hydrogen-bond donors (Lipinski definition) is 2. The molecule has 1 fully saturated rings. The van der Waals surface area contributed by atoms with Gasteiger partial charge in [0.05, 0.1) is 6.61 Å². The van der Waals surface area contributed by atoms with Crippen LogP contribution in [0.25, 0.3) is 0 Å². The average molecular weight is 319 g/mol. The smallest absolute Gasteiger partial charge is 0.291 e. The zero-order valence-electron chi connectivity index (χ0n) is 12.5. The Labute approximate surface area is 132 Å². The van der Waals surface area contributed by atoms with Crippen molar-refractivity contribution >= 4 is 11.9 Å². The molecule has 1 amide bonds. The molecule has 1 aromatic heterocycles. The van der Waals surface area contributed by atoms with Gasteiger partial charge in [0.25, 0.3) is 5.91 Å². The molecular formula is C15H18FN5O2. The predicted octanol–water partition coefficient (Wildman–Crippen LogP) is 1.46. The highest BCUT2D eigenvalue weighted by atomic mass is 19.1. The fourth-order valence-corrected chi connectivity index (χ4v) is 2.68. The van der Waals surface area contributed by atoms with Crippen molar-refractivity contribution < 1.29 is 13.9 Å². The van der Waals surface area contributed by atoms with Crippen molar-refractivity contribution in [2.24, 2.45) is 5.92 Å². The lowest BCUT2D eigenvalue weighted by Gasteiger charge is -2.32. The molecule has 0 unspecified atom stereocenters. The van der Waals surface area contributed by atoms with Gasteiger partial charge in [-0.05, 0) is 25.0 Å². The number of aromatic amines is 1. The number of aromatic nitrogens is 3. The summed E-state index contributed by atoms with van der Waals surface area (Å²) in [5.74, 6) is 0.341. The molecule has 1 aliphatic heterocycles. The first-order chi connectivity index (χ1) is 11.1. The second kappa shape index (κ2) is 6.64. The molecule has 0 saturated carbocycles. The Morgan fingerprint density at radius 3 is 3.13 bits per heavy atom. The maximum Gasteiger partial charge on any atom is 0.291 e. The summed E-state index contributed by atoms with van der Waals surface area (Å²) in [5.41, 5.74) is 5.42. The molecular weight excluding hydrogens is 301 g/mol. The number of H-pyrrole nitrogens is 1. The number of rotatable bonds is 4. The molecule has 1 saturated heterocycles. The van der Waals surface area contributed by atoms with E-state index >= 15 is 0 Å². The molecule has 3 N–H and O–H groups in total. The number of carbonyl (C=O) groups excluding carboxylic acids is 1. The number of amides is 1. The summed E-state index contributed by atoms with van der Waals surface area (Å²) in [6.45, 7) is 1.66. The third-order valence-electron chi connectivity index (χ3n) is 3.79. The molecule has 2 aromatic rings. The lowest BCUT2D eigenvalue weighted by Crippen LogP contribution is -2.42. The lowest BCUT2D eigenvalue weighted by atomic mass is 9.99. The van der Waals surface area contributed by atoms with E-state index in [-0.39, 0.29) is 29.4 Å². The molecule has 1 aliphatic rings. The topological polar surface area (TPSA) is 97.1 Å². The van der Waals surface area contributed by atoms with Crippen molar-refractivity contribution in [2.75, 3.05) is 25.4 Å². The van der Waals surface area contributed by atoms with Crippen LogP contribution in [0.4, 0.5) is 10.3 Å². The van der Waals surface area contributed by atoms with Crippen LogP contribution in [-0.4, -0.2) is 45.7 Å². The number of likely N-dealkylation sites (tertiary alicyclic amines) is 1. The Morgan fingerprint density at radius 1 is 1.52 bits per heavy atom. The summed E-state index contributed by atoms with van der Waals surface area (Å²) in [6, 6.07) is 6.04.